The molecule has 1 amide bonds. The van der Waals surface area contributed by atoms with Crippen LogP contribution in [0.1, 0.15) is 32.7 Å². The lowest BCUT2D eigenvalue weighted by Gasteiger charge is -2.12. The fourth-order valence-electron chi connectivity index (χ4n) is 2.73. The molecule has 1 aromatic carbocycles. The van der Waals surface area contributed by atoms with Gasteiger partial charge < -0.3 is 20.1 Å². The van der Waals surface area contributed by atoms with Crippen molar-refractivity contribution in [1.29, 1.82) is 0 Å². The van der Waals surface area contributed by atoms with E-state index in [0.29, 0.717) is 22.4 Å². The number of aliphatic hydroxyl groups is 1. The highest BCUT2D eigenvalue weighted by Crippen LogP contribution is 2.26. The standard InChI is InChI=1S/C23H20N4O6/c1-14-22(33-21(31)5-3-15-2-4-18(29)10-20(15)30)19(17(13-28)11-25-14)12-26-27-23(32)16-6-8-24-9-7-16/h2-12,28-30H,13H2,1H3,(H,27,32)/b5-3+,26-12?. The first-order valence-corrected chi connectivity index (χ1v) is 9.63. The number of aryl methyl sites for hydroxylation is 1. The number of benzene rings is 1. The normalized spacial score (nSPS) is 11.1. The molecular weight excluding hydrogens is 428 g/mol. The van der Waals surface area contributed by atoms with Crippen LogP contribution < -0.4 is 10.2 Å². The summed E-state index contributed by atoms with van der Waals surface area (Å²) in [5.41, 5.74) is 3.93. The molecular formula is C23H20N4O6. The number of ether oxygens (including phenoxy) is 1. The van der Waals surface area contributed by atoms with Crippen LogP contribution in [-0.2, 0) is 11.4 Å². The first kappa shape index (κ1) is 23.1. The molecule has 10 heteroatoms. The minimum atomic E-state index is -0.780. The van der Waals surface area contributed by atoms with E-state index in [1.54, 1.807) is 6.92 Å². The lowest BCUT2D eigenvalue weighted by atomic mass is 10.1. The maximum absolute atomic E-state index is 12.4. The molecule has 0 saturated carbocycles. The molecule has 0 aliphatic rings. The summed E-state index contributed by atoms with van der Waals surface area (Å²) in [7, 11) is 0. The van der Waals surface area contributed by atoms with Crippen molar-refractivity contribution >= 4 is 24.2 Å². The summed E-state index contributed by atoms with van der Waals surface area (Å²) in [5.74, 6) is -1.53. The number of aromatic nitrogens is 2. The van der Waals surface area contributed by atoms with Crippen LogP contribution in [0.5, 0.6) is 17.2 Å². The van der Waals surface area contributed by atoms with E-state index in [0.717, 1.165) is 12.1 Å². The summed E-state index contributed by atoms with van der Waals surface area (Å²) < 4.78 is 5.40. The monoisotopic (exact) mass is 448 g/mol. The molecule has 4 N–H and O–H groups in total. The van der Waals surface area contributed by atoms with Gasteiger partial charge in [-0.05, 0) is 37.3 Å². The molecule has 2 heterocycles. The summed E-state index contributed by atoms with van der Waals surface area (Å²) in [6.07, 6.45) is 8.00. The molecule has 0 radical (unpaired) electrons. The van der Waals surface area contributed by atoms with E-state index in [1.165, 1.54) is 55.1 Å². The number of nitrogens with zero attached hydrogens (tertiary/aromatic N) is 3. The van der Waals surface area contributed by atoms with Gasteiger partial charge in [0.2, 0.25) is 0 Å². The van der Waals surface area contributed by atoms with Crippen LogP contribution in [-0.4, -0.2) is 43.4 Å². The summed E-state index contributed by atoms with van der Waals surface area (Å²) in [5, 5.41) is 32.7. The maximum atomic E-state index is 12.4. The summed E-state index contributed by atoms with van der Waals surface area (Å²) in [4.78, 5) is 32.5. The minimum Gasteiger partial charge on any atom is -0.508 e. The van der Waals surface area contributed by atoms with Crippen LogP contribution in [0.4, 0.5) is 0 Å². The number of phenolic OH excluding ortho intramolecular Hbond substituents is 2. The Labute approximate surface area is 188 Å². The van der Waals surface area contributed by atoms with Gasteiger partial charge in [-0.2, -0.15) is 5.10 Å². The van der Waals surface area contributed by atoms with Gasteiger partial charge in [0.25, 0.3) is 5.91 Å². The third-order valence-corrected chi connectivity index (χ3v) is 4.42. The first-order chi connectivity index (χ1) is 15.9. The predicted molar refractivity (Wildman–Crippen MR) is 119 cm³/mol. The number of hydrogen-bond acceptors (Lipinski definition) is 9. The molecule has 0 fully saturated rings. The molecule has 168 valence electrons. The van der Waals surface area contributed by atoms with Crippen molar-refractivity contribution in [2.45, 2.75) is 13.5 Å². The van der Waals surface area contributed by atoms with Crippen LogP contribution in [0.25, 0.3) is 6.08 Å². The number of aliphatic hydroxyl groups excluding tert-OH is 1. The molecule has 10 nitrogen and oxygen atoms in total. The Morgan fingerprint density at radius 3 is 2.64 bits per heavy atom. The topological polar surface area (TPSA) is 154 Å². The van der Waals surface area contributed by atoms with Gasteiger partial charge >= 0.3 is 5.97 Å². The third kappa shape index (κ3) is 5.99. The van der Waals surface area contributed by atoms with Crippen molar-refractivity contribution in [3.05, 3.63) is 82.9 Å². The second kappa shape index (κ2) is 10.6. The zero-order valence-electron chi connectivity index (χ0n) is 17.5. The Balaban J connectivity index is 1.80. The summed E-state index contributed by atoms with van der Waals surface area (Å²) in [6, 6.07) is 6.96. The molecule has 0 saturated heterocycles. The van der Waals surface area contributed by atoms with Gasteiger partial charge in [-0.25, -0.2) is 10.2 Å². The smallest absolute Gasteiger partial charge is 0.336 e. The molecule has 3 aromatic rings. The zero-order chi connectivity index (χ0) is 23.8. The lowest BCUT2D eigenvalue weighted by Crippen LogP contribution is -2.18. The van der Waals surface area contributed by atoms with Crippen molar-refractivity contribution in [1.82, 2.24) is 15.4 Å². The molecule has 0 aliphatic carbocycles. The van der Waals surface area contributed by atoms with Crippen LogP contribution in [0.3, 0.4) is 0 Å². The van der Waals surface area contributed by atoms with E-state index in [2.05, 4.69) is 20.5 Å². The van der Waals surface area contributed by atoms with Gasteiger partial charge in [-0.1, -0.05) is 0 Å². The molecule has 2 aromatic heterocycles. The van der Waals surface area contributed by atoms with Crippen molar-refractivity contribution < 1.29 is 29.6 Å². The van der Waals surface area contributed by atoms with Crippen molar-refractivity contribution in [2.75, 3.05) is 0 Å². The van der Waals surface area contributed by atoms with Crippen LogP contribution in [0.2, 0.25) is 0 Å². The number of phenols is 2. The number of aromatic hydroxyl groups is 2. The molecule has 0 spiro atoms. The second-order valence-electron chi connectivity index (χ2n) is 6.70. The Morgan fingerprint density at radius 1 is 1.18 bits per heavy atom. The number of carbonyl (C=O) groups excluding carboxylic acids is 2. The SMILES string of the molecule is Cc1ncc(CO)c(C=NNC(=O)c2ccncc2)c1OC(=O)/C=C/c1ccc(O)cc1O. The quantitative estimate of drug-likeness (QED) is 0.185. The molecule has 0 atom stereocenters. The Morgan fingerprint density at radius 2 is 1.94 bits per heavy atom. The fourth-order valence-corrected chi connectivity index (χ4v) is 2.73. The van der Waals surface area contributed by atoms with Crippen molar-refractivity contribution in [3.8, 4) is 17.2 Å². The first-order valence-electron chi connectivity index (χ1n) is 9.63. The van der Waals surface area contributed by atoms with Gasteiger partial charge in [0.15, 0.2) is 5.75 Å². The van der Waals surface area contributed by atoms with Gasteiger partial charge in [0.1, 0.15) is 11.5 Å². The highest BCUT2D eigenvalue weighted by Gasteiger charge is 2.15. The summed E-state index contributed by atoms with van der Waals surface area (Å²) >= 11 is 0. The van der Waals surface area contributed by atoms with Gasteiger partial charge in [0, 0.05) is 53.0 Å². The average Bonchev–Trinajstić information content (AvgIpc) is 2.81. The number of hydrogen-bond donors (Lipinski definition) is 4. The molecule has 0 aliphatic heterocycles. The van der Waals surface area contributed by atoms with E-state index in [9.17, 15) is 24.9 Å². The van der Waals surface area contributed by atoms with E-state index < -0.39 is 18.5 Å². The Hall–Kier alpha value is -4.57. The van der Waals surface area contributed by atoms with E-state index in [1.807, 2.05) is 0 Å². The largest absolute Gasteiger partial charge is 0.508 e. The number of esters is 1. The highest BCUT2D eigenvalue weighted by molar-refractivity contribution is 5.96. The van der Waals surface area contributed by atoms with Gasteiger partial charge in [-0.3, -0.25) is 14.8 Å². The molecule has 0 unspecified atom stereocenters. The third-order valence-electron chi connectivity index (χ3n) is 4.42. The van der Waals surface area contributed by atoms with Gasteiger partial charge in [0.05, 0.1) is 18.5 Å². The van der Waals surface area contributed by atoms with E-state index in [-0.39, 0.29) is 22.8 Å². The van der Waals surface area contributed by atoms with Crippen LogP contribution in [0.15, 0.2) is 60.1 Å². The summed E-state index contributed by atoms with van der Waals surface area (Å²) in [6.45, 7) is 1.20. The number of carbonyl (C=O) groups is 2. The number of nitrogens with one attached hydrogen (secondary N) is 1. The van der Waals surface area contributed by atoms with Crippen molar-refractivity contribution in [2.24, 2.45) is 5.10 Å². The van der Waals surface area contributed by atoms with Crippen molar-refractivity contribution in [3.63, 3.8) is 0 Å². The van der Waals surface area contributed by atoms with Crippen LogP contribution >= 0.6 is 0 Å². The highest BCUT2D eigenvalue weighted by atomic mass is 16.5. The minimum absolute atomic E-state index is 0.0491. The molecule has 3 rings (SSSR count). The molecule has 33 heavy (non-hydrogen) atoms. The Bertz CT molecular complexity index is 1230. The van der Waals surface area contributed by atoms with Crippen LogP contribution in [0, 0.1) is 6.92 Å². The Kier molecular flexibility index (Phi) is 7.45. The maximum Gasteiger partial charge on any atom is 0.336 e. The number of rotatable bonds is 7. The predicted octanol–water partition coefficient (Wildman–Crippen LogP) is 2.07. The molecule has 0 bridgehead atoms. The van der Waals surface area contributed by atoms with E-state index in [4.69, 9.17) is 4.74 Å². The zero-order valence-corrected chi connectivity index (χ0v) is 17.5. The average molecular weight is 448 g/mol. The lowest BCUT2D eigenvalue weighted by molar-refractivity contribution is -0.129. The van der Waals surface area contributed by atoms with Gasteiger partial charge in [-0.15, -0.1) is 0 Å². The number of pyridine rings is 2. The van der Waals surface area contributed by atoms with E-state index >= 15 is 0 Å². The second-order valence-corrected chi connectivity index (χ2v) is 6.70. The fraction of sp³-hybridized carbons (Fsp3) is 0.0870. The number of amides is 1. The number of hydrazone groups is 1.